The Kier molecular flexibility index (Phi) is 8.18. The summed E-state index contributed by atoms with van der Waals surface area (Å²) < 4.78 is 5.12. The van der Waals surface area contributed by atoms with E-state index < -0.39 is 5.97 Å². The number of esters is 1. The van der Waals surface area contributed by atoms with Crippen LogP contribution in [-0.4, -0.2) is 44.0 Å². The highest BCUT2D eigenvalue weighted by atomic mass is 35.5. The number of amides is 2. The minimum atomic E-state index is -0.409. The molecule has 8 heteroatoms. The summed E-state index contributed by atoms with van der Waals surface area (Å²) in [7, 11) is 1.76. The van der Waals surface area contributed by atoms with Crippen molar-refractivity contribution in [3.05, 3.63) is 59.1 Å². The highest BCUT2D eigenvalue weighted by Crippen LogP contribution is 2.13. The average molecular weight is 419 g/mol. The van der Waals surface area contributed by atoms with Gasteiger partial charge in [-0.25, -0.2) is 4.79 Å². The molecule has 154 valence electrons. The van der Waals surface area contributed by atoms with Crippen LogP contribution >= 0.6 is 11.6 Å². The van der Waals surface area contributed by atoms with E-state index in [0.29, 0.717) is 22.0 Å². The number of likely N-dealkylation sites (N-methyl/N-ethyl adjacent to an activating group) is 1. The second kappa shape index (κ2) is 10.6. The van der Waals surface area contributed by atoms with Gasteiger partial charge >= 0.3 is 5.97 Å². The second-order valence-corrected chi connectivity index (χ2v) is 7.38. The lowest BCUT2D eigenvalue weighted by atomic mass is 10.2. The number of hydrogen-bond donors (Lipinski definition) is 3. The van der Waals surface area contributed by atoms with Crippen molar-refractivity contribution in [1.29, 1.82) is 0 Å². The molecule has 0 aliphatic heterocycles. The SMILES string of the molecule is CC(C)OC(=O)c1ccc(NC(=O)C[NH+](C)CC(=O)Nc2ccc(Cl)cc2)cc1. The van der Waals surface area contributed by atoms with Gasteiger partial charge in [-0.1, -0.05) is 11.6 Å². The largest absolute Gasteiger partial charge is 0.459 e. The van der Waals surface area contributed by atoms with E-state index in [1.807, 2.05) is 0 Å². The highest BCUT2D eigenvalue weighted by molar-refractivity contribution is 6.30. The molecule has 2 rings (SSSR count). The number of benzene rings is 2. The molecule has 0 aliphatic rings. The van der Waals surface area contributed by atoms with E-state index in [1.165, 1.54) is 0 Å². The number of carbonyl (C=O) groups is 3. The lowest BCUT2D eigenvalue weighted by Gasteiger charge is -2.14. The summed E-state index contributed by atoms with van der Waals surface area (Å²) >= 11 is 5.82. The van der Waals surface area contributed by atoms with Crippen molar-refractivity contribution < 1.29 is 24.0 Å². The van der Waals surface area contributed by atoms with Crippen molar-refractivity contribution in [2.24, 2.45) is 0 Å². The lowest BCUT2D eigenvalue weighted by molar-refractivity contribution is -0.862. The quantitative estimate of drug-likeness (QED) is 0.572. The van der Waals surface area contributed by atoms with E-state index in [-0.39, 0.29) is 31.0 Å². The zero-order valence-electron chi connectivity index (χ0n) is 16.6. The Morgan fingerprint density at radius 1 is 0.897 bits per heavy atom. The molecule has 2 amide bonds. The molecular formula is C21H25ClN3O4+. The van der Waals surface area contributed by atoms with Gasteiger partial charge in [0.25, 0.3) is 11.8 Å². The van der Waals surface area contributed by atoms with Crippen molar-refractivity contribution in [3.63, 3.8) is 0 Å². The molecule has 0 saturated carbocycles. The first-order valence-corrected chi connectivity index (χ1v) is 9.58. The minimum Gasteiger partial charge on any atom is -0.459 e. The molecule has 2 aromatic rings. The van der Waals surface area contributed by atoms with Gasteiger partial charge in [-0.3, -0.25) is 9.59 Å². The predicted octanol–water partition coefficient (Wildman–Crippen LogP) is 2.00. The predicted molar refractivity (Wildman–Crippen MR) is 112 cm³/mol. The van der Waals surface area contributed by atoms with Gasteiger partial charge in [0, 0.05) is 16.4 Å². The number of nitrogens with one attached hydrogen (secondary N) is 3. The highest BCUT2D eigenvalue weighted by Gasteiger charge is 2.15. The first-order valence-electron chi connectivity index (χ1n) is 9.20. The molecule has 0 radical (unpaired) electrons. The van der Waals surface area contributed by atoms with Gasteiger partial charge in [-0.15, -0.1) is 0 Å². The van der Waals surface area contributed by atoms with Crippen LogP contribution < -0.4 is 15.5 Å². The first kappa shape index (κ1) is 22.4. The molecule has 1 unspecified atom stereocenters. The van der Waals surface area contributed by atoms with Gasteiger partial charge in [-0.05, 0) is 62.4 Å². The van der Waals surface area contributed by atoms with Crippen molar-refractivity contribution in [2.75, 3.05) is 30.8 Å². The number of halogens is 1. The minimum absolute atomic E-state index is 0.116. The molecule has 0 fully saturated rings. The summed E-state index contributed by atoms with van der Waals surface area (Å²) in [5.41, 5.74) is 1.63. The Balaban J connectivity index is 1.79. The van der Waals surface area contributed by atoms with Gasteiger partial charge in [0.05, 0.1) is 18.7 Å². The van der Waals surface area contributed by atoms with E-state index in [9.17, 15) is 14.4 Å². The maximum Gasteiger partial charge on any atom is 0.338 e. The van der Waals surface area contributed by atoms with Crippen LogP contribution in [0.5, 0.6) is 0 Å². The number of quaternary nitrogens is 1. The molecule has 0 saturated heterocycles. The molecule has 1 atom stereocenters. The molecule has 0 heterocycles. The smallest absolute Gasteiger partial charge is 0.338 e. The Morgan fingerprint density at radius 3 is 1.79 bits per heavy atom. The van der Waals surface area contributed by atoms with Crippen LogP contribution in [0.15, 0.2) is 48.5 Å². The Hall–Kier alpha value is -2.90. The molecule has 0 aromatic heterocycles. The van der Waals surface area contributed by atoms with Crippen molar-refractivity contribution in [3.8, 4) is 0 Å². The summed E-state index contributed by atoms with van der Waals surface area (Å²) in [5, 5.41) is 6.10. The number of carbonyl (C=O) groups excluding carboxylic acids is 3. The fourth-order valence-electron chi connectivity index (χ4n) is 2.53. The normalized spacial score (nSPS) is 11.6. The maximum absolute atomic E-state index is 12.2. The molecule has 3 N–H and O–H groups in total. The summed E-state index contributed by atoms with van der Waals surface area (Å²) in [6.45, 7) is 3.81. The molecule has 7 nitrogen and oxygen atoms in total. The van der Waals surface area contributed by atoms with E-state index >= 15 is 0 Å². The fourth-order valence-corrected chi connectivity index (χ4v) is 2.65. The lowest BCUT2D eigenvalue weighted by Crippen LogP contribution is -3.11. The second-order valence-electron chi connectivity index (χ2n) is 6.95. The third kappa shape index (κ3) is 7.93. The molecule has 2 aromatic carbocycles. The van der Waals surface area contributed by atoms with Gasteiger partial charge in [0.1, 0.15) is 0 Å². The van der Waals surface area contributed by atoms with E-state index in [1.54, 1.807) is 69.4 Å². The van der Waals surface area contributed by atoms with E-state index in [4.69, 9.17) is 16.3 Å². The maximum atomic E-state index is 12.2. The summed E-state index contributed by atoms with van der Waals surface area (Å²) in [6.07, 6.45) is -0.197. The zero-order chi connectivity index (χ0) is 21.4. The Labute approximate surface area is 175 Å². The average Bonchev–Trinajstić information content (AvgIpc) is 2.63. The van der Waals surface area contributed by atoms with Crippen molar-refractivity contribution in [1.82, 2.24) is 0 Å². The van der Waals surface area contributed by atoms with Gasteiger partial charge in [-0.2, -0.15) is 0 Å². The zero-order valence-corrected chi connectivity index (χ0v) is 17.4. The molecule has 29 heavy (non-hydrogen) atoms. The Morgan fingerprint density at radius 2 is 1.34 bits per heavy atom. The van der Waals surface area contributed by atoms with Crippen LogP contribution in [0.2, 0.25) is 5.02 Å². The summed E-state index contributed by atoms with van der Waals surface area (Å²) in [6, 6.07) is 13.3. The van der Waals surface area contributed by atoms with Gasteiger partial charge < -0.3 is 20.3 Å². The third-order valence-electron chi connectivity index (χ3n) is 3.80. The van der Waals surface area contributed by atoms with E-state index in [0.717, 1.165) is 4.90 Å². The Bertz CT molecular complexity index is 851. The molecule has 0 spiro atoms. The molecular weight excluding hydrogens is 394 g/mol. The fraction of sp³-hybridized carbons (Fsp3) is 0.286. The van der Waals surface area contributed by atoms with Crippen LogP contribution in [-0.2, 0) is 14.3 Å². The van der Waals surface area contributed by atoms with Crippen LogP contribution in [0.4, 0.5) is 11.4 Å². The molecule has 0 bridgehead atoms. The monoisotopic (exact) mass is 418 g/mol. The first-order chi connectivity index (χ1) is 13.7. The van der Waals surface area contributed by atoms with Crippen LogP contribution in [0.25, 0.3) is 0 Å². The number of hydrogen-bond acceptors (Lipinski definition) is 4. The van der Waals surface area contributed by atoms with Crippen molar-refractivity contribution in [2.45, 2.75) is 20.0 Å². The van der Waals surface area contributed by atoms with Crippen LogP contribution in [0.3, 0.4) is 0 Å². The summed E-state index contributed by atoms with van der Waals surface area (Å²) in [4.78, 5) is 36.8. The standard InChI is InChI=1S/C21H24ClN3O4/c1-14(2)29-21(28)15-4-8-17(9-5-15)23-19(26)12-25(3)13-20(27)24-18-10-6-16(22)7-11-18/h4-11,14H,12-13H2,1-3H3,(H,23,26)(H,24,27)/p+1. The number of rotatable bonds is 8. The van der Waals surface area contributed by atoms with Gasteiger partial charge in [0.15, 0.2) is 13.1 Å². The van der Waals surface area contributed by atoms with Crippen LogP contribution in [0, 0.1) is 0 Å². The number of ether oxygens (including phenoxy) is 1. The van der Waals surface area contributed by atoms with Gasteiger partial charge in [0.2, 0.25) is 0 Å². The topological polar surface area (TPSA) is 88.9 Å². The third-order valence-corrected chi connectivity index (χ3v) is 4.05. The van der Waals surface area contributed by atoms with Crippen LogP contribution in [0.1, 0.15) is 24.2 Å². The summed E-state index contributed by atoms with van der Waals surface area (Å²) in [5.74, 6) is -0.848. The molecule has 0 aliphatic carbocycles. The number of anilines is 2. The van der Waals surface area contributed by atoms with E-state index in [2.05, 4.69) is 10.6 Å². The van der Waals surface area contributed by atoms with Crippen molar-refractivity contribution >= 4 is 40.8 Å².